The van der Waals surface area contributed by atoms with Crippen molar-refractivity contribution in [3.05, 3.63) is 71.0 Å². The van der Waals surface area contributed by atoms with Crippen LogP contribution in [0.1, 0.15) is 28.7 Å². The average Bonchev–Trinajstić information content (AvgIpc) is 2.40. The van der Waals surface area contributed by atoms with E-state index in [4.69, 9.17) is 5.73 Å². The molecule has 2 atom stereocenters. The van der Waals surface area contributed by atoms with E-state index in [9.17, 15) is 9.50 Å². The monoisotopic (exact) mass is 259 g/mol. The van der Waals surface area contributed by atoms with Crippen molar-refractivity contribution < 1.29 is 9.50 Å². The molecule has 0 bridgehead atoms. The normalized spacial score (nSPS) is 14.1. The molecule has 0 aliphatic carbocycles. The van der Waals surface area contributed by atoms with Crippen molar-refractivity contribution in [1.29, 1.82) is 0 Å². The minimum Gasteiger partial charge on any atom is -0.388 e. The first-order chi connectivity index (χ1) is 9.13. The van der Waals surface area contributed by atoms with Gasteiger partial charge in [0.1, 0.15) is 5.82 Å². The molecule has 0 fully saturated rings. The Morgan fingerprint density at radius 1 is 1.16 bits per heavy atom. The highest BCUT2D eigenvalue weighted by atomic mass is 19.1. The van der Waals surface area contributed by atoms with E-state index in [1.54, 1.807) is 12.1 Å². The summed E-state index contributed by atoms with van der Waals surface area (Å²) in [6, 6.07) is 14.3. The van der Waals surface area contributed by atoms with E-state index in [-0.39, 0.29) is 18.3 Å². The lowest BCUT2D eigenvalue weighted by atomic mass is 9.89. The van der Waals surface area contributed by atoms with Crippen LogP contribution in [-0.2, 0) is 0 Å². The summed E-state index contributed by atoms with van der Waals surface area (Å²) in [5, 5.41) is 10.4. The molecule has 0 aromatic heterocycles. The second-order valence-electron chi connectivity index (χ2n) is 4.72. The number of aliphatic hydroxyl groups excluding tert-OH is 1. The van der Waals surface area contributed by atoms with Gasteiger partial charge in [-0.3, -0.25) is 0 Å². The third-order valence-electron chi connectivity index (χ3n) is 3.34. The number of benzene rings is 2. The van der Waals surface area contributed by atoms with E-state index in [2.05, 4.69) is 0 Å². The Morgan fingerprint density at radius 2 is 1.84 bits per heavy atom. The molecule has 19 heavy (non-hydrogen) atoms. The number of hydrogen-bond donors (Lipinski definition) is 2. The second kappa shape index (κ2) is 5.95. The maximum absolute atomic E-state index is 13.9. The van der Waals surface area contributed by atoms with Crippen molar-refractivity contribution in [1.82, 2.24) is 0 Å². The first-order valence-electron chi connectivity index (χ1n) is 6.32. The Labute approximate surface area is 112 Å². The predicted molar refractivity (Wildman–Crippen MR) is 74.3 cm³/mol. The second-order valence-corrected chi connectivity index (χ2v) is 4.72. The van der Waals surface area contributed by atoms with E-state index >= 15 is 0 Å². The van der Waals surface area contributed by atoms with E-state index in [0.717, 1.165) is 11.1 Å². The van der Waals surface area contributed by atoms with E-state index in [1.165, 1.54) is 6.07 Å². The van der Waals surface area contributed by atoms with Crippen LogP contribution in [0.2, 0.25) is 0 Å². The third-order valence-corrected chi connectivity index (χ3v) is 3.34. The Kier molecular flexibility index (Phi) is 4.30. The molecule has 0 saturated carbocycles. The molecule has 2 nitrogen and oxygen atoms in total. The standard InChI is InChI=1S/C16H18FNO/c1-11-7-8-13(15(17)9-11)16(19)14(10-18)12-5-3-2-4-6-12/h2-9,14,16,19H,10,18H2,1H3. The lowest BCUT2D eigenvalue weighted by molar-refractivity contribution is 0.143. The van der Waals surface area contributed by atoms with E-state index in [0.29, 0.717) is 5.56 Å². The molecule has 3 N–H and O–H groups in total. The molecular weight excluding hydrogens is 241 g/mol. The fraction of sp³-hybridized carbons (Fsp3) is 0.250. The first kappa shape index (κ1) is 13.7. The van der Waals surface area contributed by atoms with Crippen LogP contribution in [0.4, 0.5) is 4.39 Å². The predicted octanol–water partition coefficient (Wildman–Crippen LogP) is 2.91. The Balaban J connectivity index is 2.33. The van der Waals surface area contributed by atoms with Crippen LogP contribution in [0.3, 0.4) is 0 Å². The van der Waals surface area contributed by atoms with Gasteiger partial charge in [0, 0.05) is 18.0 Å². The average molecular weight is 259 g/mol. The van der Waals surface area contributed by atoms with Gasteiger partial charge in [0.15, 0.2) is 0 Å². The van der Waals surface area contributed by atoms with Crippen LogP contribution in [0.25, 0.3) is 0 Å². The van der Waals surface area contributed by atoms with Crippen molar-refractivity contribution in [3.8, 4) is 0 Å². The summed E-state index contributed by atoms with van der Waals surface area (Å²) in [6.07, 6.45) is -0.937. The van der Waals surface area contributed by atoms with Crippen LogP contribution in [-0.4, -0.2) is 11.7 Å². The molecule has 2 aromatic carbocycles. The van der Waals surface area contributed by atoms with Gasteiger partial charge in [-0.2, -0.15) is 0 Å². The largest absolute Gasteiger partial charge is 0.388 e. The molecule has 2 rings (SSSR count). The van der Waals surface area contributed by atoms with Crippen molar-refractivity contribution in [2.75, 3.05) is 6.54 Å². The van der Waals surface area contributed by atoms with Gasteiger partial charge in [0.05, 0.1) is 6.10 Å². The van der Waals surface area contributed by atoms with Crippen LogP contribution < -0.4 is 5.73 Å². The van der Waals surface area contributed by atoms with Gasteiger partial charge < -0.3 is 10.8 Å². The van der Waals surface area contributed by atoms with Crippen LogP contribution >= 0.6 is 0 Å². The summed E-state index contributed by atoms with van der Waals surface area (Å²) in [7, 11) is 0. The van der Waals surface area contributed by atoms with Gasteiger partial charge >= 0.3 is 0 Å². The number of rotatable bonds is 4. The fourth-order valence-corrected chi connectivity index (χ4v) is 2.24. The highest BCUT2D eigenvalue weighted by Gasteiger charge is 2.23. The van der Waals surface area contributed by atoms with Crippen molar-refractivity contribution in [2.24, 2.45) is 5.73 Å². The van der Waals surface area contributed by atoms with Gasteiger partial charge in [-0.05, 0) is 24.1 Å². The molecule has 0 saturated heterocycles. The van der Waals surface area contributed by atoms with E-state index in [1.807, 2.05) is 37.3 Å². The highest BCUT2D eigenvalue weighted by Crippen LogP contribution is 2.31. The number of aryl methyl sites for hydroxylation is 1. The van der Waals surface area contributed by atoms with Gasteiger partial charge in [-0.25, -0.2) is 4.39 Å². The molecule has 2 unspecified atom stereocenters. The molecule has 2 aromatic rings. The number of halogens is 1. The smallest absolute Gasteiger partial charge is 0.129 e. The quantitative estimate of drug-likeness (QED) is 0.886. The van der Waals surface area contributed by atoms with Crippen LogP contribution in [0, 0.1) is 12.7 Å². The summed E-state index contributed by atoms with van der Waals surface area (Å²) < 4.78 is 13.9. The molecule has 3 heteroatoms. The molecule has 0 amide bonds. The molecule has 0 radical (unpaired) electrons. The molecule has 0 spiro atoms. The molecular formula is C16H18FNO. The summed E-state index contributed by atoms with van der Waals surface area (Å²) in [4.78, 5) is 0. The summed E-state index contributed by atoms with van der Waals surface area (Å²) in [5.74, 6) is -0.694. The number of hydrogen-bond acceptors (Lipinski definition) is 2. The first-order valence-corrected chi connectivity index (χ1v) is 6.32. The van der Waals surface area contributed by atoms with Crippen molar-refractivity contribution in [3.63, 3.8) is 0 Å². The number of nitrogens with two attached hydrogens (primary N) is 1. The summed E-state index contributed by atoms with van der Waals surface area (Å²) >= 11 is 0. The molecule has 0 heterocycles. The van der Waals surface area contributed by atoms with Gasteiger partial charge in [-0.15, -0.1) is 0 Å². The van der Waals surface area contributed by atoms with Gasteiger partial charge in [0.2, 0.25) is 0 Å². The third kappa shape index (κ3) is 3.00. The Hall–Kier alpha value is -1.71. The van der Waals surface area contributed by atoms with Crippen LogP contribution in [0.15, 0.2) is 48.5 Å². The fourth-order valence-electron chi connectivity index (χ4n) is 2.24. The molecule has 100 valence electrons. The molecule has 0 aliphatic rings. The zero-order valence-electron chi connectivity index (χ0n) is 10.9. The van der Waals surface area contributed by atoms with Gasteiger partial charge in [0.25, 0.3) is 0 Å². The maximum Gasteiger partial charge on any atom is 0.129 e. The van der Waals surface area contributed by atoms with Crippen LogP contribution in [0.5, 0.6) is 0 Å². The zero-order valence-corrected chi connectivity index (χ0v) is 10.9. The Morgan fingerprint density at radius 3 is 2.42 bits per heavy atom. The summed E-state index contributed by atoms with van der Waals surface area (Å²) in [6.45, 7) is 2.08. The molecule has 0 aliphatic heterocycles. The maximum atomic E-state index is 13.9. The Bertz CT molecular complexity index is 542. The highest BCUT2D eigenvalue weighted by molar-refractivity contribution is 5.30. The van der Waals surface area contributed by atoms with Crippen molar-refractivity contribution >= 4 is 0 Å². The van der Waals surface area contributed by atoms with E-state index < -0.39 is 6.10 Å². The topological polar surface area (TPSA) is 46.2 Å². The lowest BCUT2D eigenvalue weighted by Gasteiger charge is -2.22. The summed E-state index contributed by atoms with van der Waals surface area (Å²) in [5.41, 5.74) is 7.78. The zero-order chi connectivity index (χ0) is 13.8. The van der Waals surface area contributed by atoms with Crippen molar-refractivity contribution in [2.45, 2.75) is 18.9 Å². The lowest BCUT2D eigenvalue weighted by Crippen LogP contribution is -2.21. The minimum atomic E-state index is -0.937. The SMILES string of the molecule is Cc1ccc(C(O)C(CN)c2ccccc2)c(F)c1. The minimum absolute atomic E-state index is 0.262. The number of aliphatic hydroxyl groups is 1. The van der Waals surface area contributed by atoms with Gasteiger partial charge in [-0.1, -0.05) is 42.5 Å².